The average molecular weight is 241 g/mol. The number of hydrogen-bond acceptors (Lipinski definition) is 3. The molecule has 4 heteroatoms. The van der Waals surface area contributed by atoms with Crippen molar-refractivity contribution in [3.63, 3.8) is 0 Å². The van der Waals surface area contributed by atoms with Crippen LogP contribution in [0.25, 0.3) is 0 Å². The van der Waals surface area contributed by atoms with E-state index in [2.05, 4.69) is 17.1 Å². The molecule has 0 aromatic heterocycles. The standard InChI is InChI=1S/C13H27N3O/c1-3-4-9-15(2)13(17)6-5-10-16-11-7-14-8-12-16/h14H,3-12H2,1-2H3. The van der Waals surface area contributed by atoms with Crippen LogP contribution in [0.3, 0.4) is 0 Å². The van der Waals surface area contributed by atoms with Crippen molar-refractivity contribution in [2.45, 2.75) is 32.6 Å². The molecule has 0 spiro atoms. The molecule has 100 valence electrons. The highest BCUT2D eigenvalue weighted by molar-refractivity contribution is 5.75. The molecular formula is C13H27N3O. The fourth-order valence-corrected chi connectivity index (χ4v) is 2.10. The molecule has 0 atom stereocenters. The van der Waals surface area contributed by atoms with Gasteiger partial charge in [0, 0.05) is 46.2 Å². The first-order valence-electron chi connectivity index (χ1n) is 6.91. The summed E-state index contributed by atoms with van der Waals surface area (Å²) in [6.07, 6.45) is 3.96. The van der Waals surface area contributed by atoms with Gasteiger partial charge in [-0.3, -0.25) is 4.79 Å². The minimum atomic E-state index is 0.300. The third-order valence-electron chi connectivity index (χ3n) is 3.35. The molecule has 1 N–H and O–H groups in total. The Morgan fingerprint density at radius 3 is 2.65 bits per heavy atom. The first kappa shape index (κ1) is 14.5. The van der Waals surface area contributed by atoms with Crippen molar-refractivity contribution >= 4 is 5.91 Å². The van der Waals surface area contributed by atoms with Gasteiger partial charge in [0.05, 0.1) is 0 Å². The van der Waals surface area contributed by atoms with Crippen molar-refractivity contribution in [1.82, 2.24) is 15.1 Å². The number of amides is 1. The van der Waals surface area contributed by atoms with Crippen LogP contribution in [0.5, 0.6) is 0 Å². The van der Waals surface area contributed by atoms with Gasteiger partial charge in [-0.15, -0.1) is 0 Å². The summed E-state index contributed by atoms with van der Waals surface area (Å²) in [6, 6.07) is 0. The lowest BCUT2D eigenvalue weighted by Gasteiger charge is -2.27. The summed E-state index contributed by atoms with van der Waals surface area (Å²) >= 11 is 0. The number of piperazine rings is 1. The third-order valence-corrected chi connectivity index (χ3v) is 3.35. The van der Waals surface area contributed by atoms with Gasteiger partial charge in [-0.25, -0.2) is 0 Å². The van der Waals surface area contributed by atoms with Crippen LogP contribution >= 0.6 is 0 Å². The monoisotopic (exact) mass is 241 g/mol. The summed E-state index contributed by atoms with van der Waals surface area (Å²) in [5, 5.41) is 3.34. The van der Waals surface area contributed by atoms with Gasteiger partial charge in [-0.2, -0.15) is 0 Å². The van der Waals surface area contributed by atoms with Crippen molar-refractivity contribution in [2.75, 3.05) is 46.3 Å². The number of carbonyl (C=O) groups is 1. The second kappa shape index (κ2) is 8.48. The quantitative estimate of drug-likeness (QED) is 0.720. The van der Waals surface area contributed by atoms with E-state index in [1.54, 1.807) is 0 Å². The molecule has 0 saturated carbocycles. The van der Waals surface area contributed by atoms with E-state index >= 15 is 0 Å². The number of nitrogens with one attached hydrogen (secondary N) is 1. The van der Waals surface area contributed by atoms with Crippen LogP contribution in [-0.2, 0) is 4.79 Å². The minimum Gasteiger partial charge on any atom is -0.346 e. The van der Waals surface area contributed by atoms with E-state index in [9.17, 15) is 4.79 Å². The summed E-state index contributed by atoms with van der Waals surface area (Å²) in [5.41, 5.74) is 0. The molecule has 0 unspecified atom stereocenters. The Bertz CT molecular complexity index is 215. The predicted molar refractivity (Wildman–Crippen MR) is 71.1 cm³/mol. The number of carbonyl (C=O) groups excluding carboxylic acids is 1. The molecule has 1 amide bonds. The zero-order valence-corrected chi connectivity index (χ0v) is 11.4. The molecule has 1 heterocycles. The lowest BCUT2D eigenvalue weighted by Crippen LogP contribution is -2.43. The lowest BCUT2D eigenvalue weighted by molar-refractivity contribution is -0.130. The van der Waals surface area contributed by atoms with Crippen molar-refractivity contribution < 1.29 is 4.79 Å². The van der Waals surface area contributed by atoms with Crippen LogP contribution in [0.2, 0.25) is 0 Å². The Morgan fingerprint density at radius 2 is 2.00 bits per heavy atom. The first-order valence-corrected chi connectivity index (χ1v) is 6.91. The van der Waals surface area contributed by atoms with Crippen molar-refractivity contribution in [1.29, 1.82) is 0 Å². The topological polar surface area (TPSA) is 35.6 Å². The van der Waals surface area contributed by atoms with Gasteiger partial charge in [0.1, 0.15) is 0 Å². The zero-order valence-electron chi connectivity index (χ0n) is 11.4. The van der Waals surface area contributed by atoms with E-state index in [4.69, 9.17) is 0 Å². The molecule has 1 saturated heterocycles. The molecular weight excluding hydrogens is 214 g/mol. The largest absolute Gasteiger partial charge is 0.346 e. The van der Waals surface area contributed by atoms with E-state index in [-0.39, 0.29) is 0 Å². The van der Waals surface area contributed by atoms with Gasteiger partial charge >= 0.3 is 0 Å². The molecule has 0 aromatic rings. The van der Waals surface area contributed by atoms with Gasteiger partial charge in [0.2, 0.25) is 5.91 Å². The van der Waals surface area contributed by atoms with Crippen LogP contribution < -0.4 is 5.32 Å². The van der Waals surface area contributed by atoms with Crippen LogP contribution in [0, 0.1) is 0 Å². The van der Waals surface area contributed by atoms with E-state index in [1.807, 2.05) is 11.9 Å². The summed E-state index contributed by atoms with van der Waals surface area (Å²) in [4.78, 5) is 16.1. The Hall–Kier alpha value is -0.610. The third kappa shape index (κ3) is 6.03. The SMILES string of the molecule is CCCCN(C)C(=O)CCCN1CCNCC1. The molecule has 0 aliphatic carbocycles. The Balaban J connectivity index is 2.06. The highest BCUT2D eigenvalue weighted by Gasteiger charge is 2.11. The van der Waals surface area contributed by atoms with Crippen LogP contribution in [0.4, 0.5) is 0 Å². The average Bonchev–Trinajstić information content (AvgIpc) is 2.37. The summed E-state index contributed by atoms with van der Waals surface area (Å²) in [5.74, 6) is 0.300. The minimum absolute atomic E-state index is 0.300. The smallest absolute Gasteiger partial charge is 0.222 e. The van der Waals surface area contributed by atoms with Gasteiger partial charge in [-0.1, -0.05) is 13.3 Å². The Labute approximate surface area is 105 Å². The molecule has 1 aliphatic heterocycles. The van der Waals surface area contributed by atoms with Gasteiger partial charge in [0.25, 0.3) is 0 Å². The Morgan fingerprint density at radius 1 is 1.29 bits per heavy atom. The predicted octanol–water partition coefficient (Wildman–Crippen LogP) is 0.930. The van der Waals surface area contributed by atoms with Crippen LogP contribution in [-0.4, -0.2) is 62.0 Å². The first-order chi connectivity index (χ1) is 8.24. The molecule has 1 rings (SSSR count). The summed E-state index contributed by atoms with van der Waals surface area (Å²) < 4.78 is 0. The van der Waals surface area contributed by atoms with E-state index in [0.29, 0.717) is 12.3 Å². The number of unbranched alkanes of at least 4 members (excludes halogenated alkanes) is 1. The summed E-state index contributed by atoms with van der Waals surface area (Å²) in [7, 11) is 1.92. The van der Waals surface area contributed by atoms with E-state index in [0.717, 1.165) is 58.5 Å². The molecule has 1 fully saturated rings. The maximum Gasteiger partial charge on any atom is 0.222 e. The van der Waals surface area contributed by atoms with Gasteiger partial charge < -0.3 is 15.1 Å². The fourth-order valence-electron chi connectivity index (χ4n) is 2.10. The second-order valence-electron chi connectivity index (χ2n) is 4.86. The molecule has 0 aromatic carbocycles. The summed E-state index contributed by atoms with van der Waals surface area (Å²) in [6.45, 7) is 8.55. The van der Waals surface area contributed by atoms with E-state index < -0.39 is 0 Å². The number of nitrogens with zero attached hydrogens (tertiary/aromatic N) is 2. The van der Waals surface area contributed by atoms with Gasteiger partial charge in [-0.05, 0) is 19.4 Å². The second-order valence-corrected chi connectivity index (χ2v) is 4.86. The highest BCUT2D eigenvalue weighted by Crippen LogP contribution is 2.01. The van der Waals surface area contributed by atoms with Crippen molar-refractivity contribution in [3.05, 3.63) is 0 Å². The molecule has 0 bridgehead atoms. The molecule has 17 heavy (non-hydrogen) atoms. The van der Waals surface area contributed by atoms with Crippen molar-refractivity contribution in [3.8, 4) is 0 Å². The van der Waals surface area contributed by atoms with Crippen LogP contribution in [0.1, 0.15) is 32.6 Å². The molecule has 1 aliphatic rings. The van der Waals surface area contributed by atoms with Crippen LogP contribution in [0.15, 0.2) is 0 Å². The number of rotatable bonds is 7. The highest BCUT2D eigenvalue weighted by atomic mass is 16.2. The number of hydrogen-bond donors (Lipinski definition) is 1. The lowest BCUT2D eigenvalue weighted by atomic mass is 10.2. The fraction of sp³-hybridized carbons (Fsp3) is 0.923. The zero-order chi connectivity index (χ0) is 12.5. The molecule has 4 nitrogen and oxygen atoms in total. The Kier molecular flexibility index (Phi) is 7.21. The van der Waals surface area contributed by atoms with E-state index in [1.165, 1.54) is 0 Å². The maximum absolute atomic E-state index is 11.8. The van der Waals surface area contributed by atoms with Gasteiger partial charge in [0.15, 0.2) is 0 Å². The maximum atomic E-state index is 11.8. The molecule has 0 radical (unpaired) electrons. The van der Waals surface area contributed by atoms with Crippen molar-refractivity contribution in [2.24, 2.45) is 0 Å². The normalized spacial score (nSPS) is 17.1.